The molecular weight excluding hydrogens is 250 g/mol. The van der Waals surface area contributed by atoms with Gasteiger partial charge in [-0.15, -0.1) is 0 Å². The summed E-state index contributed by atoms with van der Waals surface area (Å²) in [5.74, 6) is 1.18. The maximum absolute atomic E-state index is 6.17. The number of nitrogens with zero attached hydrogens (tertiary/aromatic N) is 2. The fourth-order valence-electron chi connectivity index (χ4n) is 2.05. The maximum Gasteiger partial charge on any atom is 0.153 e. The number of aryl methyl sites for hydroxylation is 2. The van der Waals surface area contributed by atoms with Crippen molar-refractivity contribution in [3.63, 3.8) is 0 Å². The van der Waals surface area contributed by atoms with Gasteiger partial charge in [-0.25, -0.2) is 0 Å². The van der Waals surface area contributed by atoms with Crippen LogP contribution in [0.2, 0.25) is 5.02 Å². The molecule has 0 aliphatic heterocycles. The van der Waals surface area contributed by atoms with E-state index in [0.717, 1.165) is 22.4 Å². The van der Waals surface area contributed by atoms with Crippen LogP contribution in [0.4, 0.5) is 5.82 Å². The highest BCUT2D eigenvalue weighted by atomic mass is 35.5. The molecule has 0 unspecified atom stereocenters. The molecule has 2 rings (SSSR count). The van der Waals surface area contributed by atoms with E-state index in [0.29, 0.717) is 16.6 Å². The van der Waals surface area contributed by atoms with Gasteiger partial charge in [-0.2, -0.15) is 5.10 Å². The van der Waals surface area contributed by atoms with Crippen molar-refractivity contribution in [3.05, 3.63) is 28.4 Å². The molecule has 2 N–H and O–H groups in total. The van der Waals surface area contributed by atoms with Crippen LogP contribution in [-0.4, -0.2) is 16.9 Å². The number of hydrogen-bond acceptors (Lipinski definition) is 3. The lowest BCUT2D eigenvalue weighted by atomic mass is 10.00. The summed E-state index contributed by atoms with van der Waals surface area (Å²) < 4.78 is 6.96. The topological polar surface area (TPSA) is 53.1 Å². The zero-order chi connectivity index (χ0) is 13.4. The van der Waals surface area contributed by atoms with E-state index >= 15 is 0 Å². The number of hydrogen-bond donors (Lipinski definition) is 1. The second kappa shape index (κ2) is 4.53. The summed E-state index contributed by atoms with van der Waals surface area (Å²) in [7, 11) is 3.47. The Labute approximate surface area is 111 Å². The van der Waals surface area contributed by atoms with Gasteiger partial charge in [-0.3, -0.25) is 4.68 Å². The zero-order valence-electron chi connectivity index (χ0n) is 10.9. The molecule has 0 aliphatic rings. The lowest BCUT2D eigenvalue weighted by molar-refractivity contribution is 0.415. The number of ether oxygens (including phenoxy) is 1. The third-order valence-electron chi connectivity index (χ3n) is 3.13. The molecule has 1 aromatic heterocycles. The van der Waals surface area contributed by atoms with Crippen molar-refractivity contribution in [2.45, 2.75) is 13.8 Å². The molecule has 1 heterocycles. The molecule has 0 radical (unpaired) electrons. The molecule has 0 spiro atoms. The van der Waals surface area contributed by atoms with Crippen molar-refractivity contribution in [1.29, 1.82) is 0 Å². The first kappa shape index (κ1) is 12.8. The highest BCUT2D eigenvalue weighted by Gasteiger charge is 2.16. The summed E-state index contributed by atoms with van der Waals surface area (Å²) in [6.45, 7) is 3.98. The molecule has 0 fully saturated rings. The van der Waals surface area contributed by atoms with Crippen molar-refractivity contribution in [2.24, 2.45) is 7.05 Å². The average Bonchev–Trinajstić information content (AvgIpc) is 2.56. The summed E-state index contributed by atoms with van der Waals surface area (Å²) in [5, 5.41) is 4.79. The van der Waals surface area contributed by atoms with Crippen LogP contribution in [0.25, 0.3) is 11.1 Å². The number of benzene rings is 1. The average molecular weight is 266 g/mol. The number of anilines is 1. The zero-order valence-corrected chi connectivity index (χ0v) is 11.7. The molecule has 0 amide bonds. The SMILES string of the molecule is COc1cc(C)c(-c2c(N)nn(C)c2C)cc1Cl. The van der Waals surface area contributed by atoms with E-state index in [-0.39, 0.29) is 0 Å². The van der Waals surface area contributed by atoms with E-state index in [9.17, 15) is 0 Å². The number of aromatic nitrogens is 2. The summed E-state index contributed by atoms with van der Waals surface area (Å²) >= 11 is 6.17. The van der Waals surface area contributed by atoms with Crippen molar-refractivity contribution >= 4 is 17.4 Å². The summed E-state index contributed by atoms with van der Waals surface area (Å²) in [5.41, 5.74) is 9.94. The van der Waals surface area contributed by atoms with Gasteiger partial charge in [-0.05, 0) is 37.1 Å². The fourth-order valence-corrected chi connectivity index (χ4v) is 2.29. The second-order valence-corrected chi connectivity index (χ2v) is 4.68. The van der Waals surface area contributed by atoms with Gasteiger partial charge in [0.2, 0.25) is 0 Å². The standard InChI is InChI=1S/C13H16ClN3O/c1-7-5-11(18-4)10(14)6-9(7)12-8(2)17(3)16-13(12)15/h5-6H,1-4H3,(H2,15,16). The molecule has 2 aromatic rings. The van der Waals surface area contributed by atoms with Crippen molar-refractivity contribution < 1.29 is 4.74 Å². The molecule has 0 bridgehead atoms. The third-order valence-corrected chi connectivity index (χ3v) is 3.42. The Bertz CT molecular complexity index is 605. The van der Waals surface area contributed by atoms with Crippen molar-refractivity contribution in [2.75, 3.05) is 12.8 Å². The normalized spacial score (nSPS) is 10.7. The third kappa shape index (κ3) is 1.93. The minimum absolute atomic E-state index is 0.513. The van der Waals surface area contributed by atoms with Gasteiger partial charge < -0.3 is 10.5 Å². The lowest BCUT2D eigenvalue weighted by Crippen LogP contribution is -1.94. The minimum Gasteiger partial charge on any atom is -0.495 e. The van der Waals surface area contributed by atoms with E-state index in [1.54, 1.807) is 11.8 Å². The van der Waals surface area contributed by atoms with Crippen LogP contribution in [0.15, 0.2) is 12.1 Å². The molecule has 5 heteroatoms. The maximum atomic E-state index is 6.17. The fraction of sp³-hybridized carbons (Fsp3) is 0.308. The van der Waals surface area contributed by atoms with Gasteiger partial charge in [0.25, 0.3) is 0 Å². The van der Waals surface area contributed by atoms with E-state index in [1.807, 2.05) is 33.0 Å². The van der Waals surface area contributed by atoms with Crippen LogP contribution >= 0.6 is 11.6 Å². The monoisotopic (exact) mass is 265 g/mol. The van der Waals surface area contributed by atoms with Crippen LogP contribution in [0, 0.1) is 13.8 Å². The Morgan fingerprint density at radius 1 is 1.33 bits per heavy atom. The highest BCUT2D eigenvalue weighted by molar-refractivity contribution is 6.32. The molecule has 96 valence electrons. The molecule has 0 saturated heterocycles. The van der Waals surface area contributed by atoms with Crippen LogP contribution < -0.4 is 10.5 Å². The van der Waals surface area contributed by atoms with Gasteiger partial charge in [-0.1, -0.05) is 11.6 Å². The number of nitrogen functional groups attached to an aromatic ring is 1. The number of rotatable bonds is 2. The molecule has 0 atom stereocenters. The quantitative estimate of drug-likeness (QED) is 0.908. The van der Waals surface area contributed by atoms with E-state index in [4.69, 9.17) is 22.1 Å². The predicted octanol–water partition coefficient (Wildman–Crippen LogP) is 2.95. The Morgan fingerprint density at radius 3 is 2.50 bits per heavy atom. The lowest BCUT2D eigenvalue weighted by Gasteiger charge is -2.10. The number of nitrogens with two attached hydrogens (primary N) is 1. The van der Waals surface area contributed by atoms with Gasteiger partial charge in [0.15, 0.2) is 5.82 Å². The Balaban J connectivity index is 2.68. The van der Waals surface area contributed by atoms with Gasteiger partial charge in [0.05, 0.1) is 12.1 Å². The highest BCUT2D eigenvalue weighted by Crippen LogP contribution is 2.37. The summed E-state index contributed by atoms with van der Waals surface area (Å²) in [6.07, 6.45) is 0. The predicted molar refractivity (Wildman–Crippen MR) is 74.1 cm³/mol. The smallest absolute Gasteiger partial charge is 0.153 e. The minimum atomic E-state index is 0.513. The van der Waals surface area contributed by atoms with Gasteiger partial charge in [0.1, 0.15) is 5.75 Å². The first-order valence-corrected chi connectivity index (χ1v) is 5.97. The Hall–Kier alpha value is -1.68. The van der Waals surface area contributed by atoms with Crippen molar-refractivity contribution in [3.8, 4) is 16.9 Å². The summed E-state index contributed by atoms with van der Waals surface area (Å²) in [4.78, 5) is 0. The van der Waals surface area contributed by atoms with E-state index < -0.39 is 0 Å². The van der Waals surface area contributed by atoms with E-state index in [2.05, 4.69) is 5.10 Å². The molecule has 0 saturated carbocycles. The molecule has 4 nitrogen and oxygen atoms in total. The molecule has 0 aliphatic carbocycles. The Kier molecular flexibility index (Phi) is 3.22. The number of halogens is 1. The first-order valence-electron chi connectivity index (χ1n) is 5.59. The largest absolute Gasteiger partial charge is 0.495 e. The number of methoxy groups -OCH3 is 1. The molecular formula is C13H16ClN3O. The van der Waals surface area contributed by atoms with Crippen LogP contribution in [-0.2, 0) is 7.05 Å². The van der Waals surface area contributed by atoms with Crippen LogP contribution in [0.5, 0.6) is 5.75 Å². The first-order chi connectivity index (χ1) is 8.45. The second-order valence-electron chi connectivity index (χ2n) is 4.27. The molecule has 18 heavy (non-hydrogen) atoms. The van der Waals surface area contributed by atoms with E-state index in [1.165, 1.54) is 0 Å². The van der Waals surface area contributed by atoms with Crippen molar-refractivity contribution in [1.82, 2.24) is 9.78 Å². The molecule has 1 aromatic carbocycles. The Morgan fingerprint density at radius 2 is 2.00 bits per heavy atom. The van der Waals surface area contributed by atoms with Crippen LogP contribution in [0.1, 0.15) is 11.3 Å². The van der Waals surface area contributed by atoms with Crippen LogP contribution in [0.3, 0.4) is 0 Å². The van der Waals surface area contributed by atoms with Gasteiger partial charge in [0, 0.05) is 18.3 Å². The summed E-state index contributed by atoms with van der Waals surface area (Å²) in [6, 6.07) is 3.78. The van der Waals surface area contributed by atoms with Gasteiger partial charge >= 0.3 is 0 Å².